The van der Waals surface area contributed by atoms with Crippen LogP contribution in [0, 0.1) is 0 Å². The summed E-state index contributed by atoms with van der Waals surface area (Å²) in [7, 11) is 0. The zero-order chi connectivity index (χ0) is 17.3. The van der Waals surface area contributed by atoms with Crippen LogP contribution in [-0.4, -0.2) is 11.7 Å². The van der Waals surface area contributed by atoms with Gasteiger partial charge in [0.15, 0.2) is 0 Å². The van der Waals surface area contributed by atoms with Crippen molar-refractivity contribution in [2.75, 3.05) is 11.9 Å². The molecule has 3 rings (SSSR count). The summed E-state index contributed by atoms with van der Waals surface area (Å²) in [6, 6.07) is 15.4. The lowest BCUT2D eigenvalue weighted by Gasteiger charge is -2.21. The summed E-state index contributed by atoms with van der Waals surface area (Å²) in [6.45, 7) is 0.347. The van der Waals surface area contributed by atoms with Crippen LogP contribution < -0.4 is 5.32 Å². The summed E-state index contributed by atoms with van der Waals surface area (Å²) in [4.78, 5) is 2.63. The molecule has 0 atom stereocenters. The molecule has 1 aliphatic heterocycles. The summed E-state index contributed by atoms with van der Waals surface area (Å²) < 4.78 is 0. The number of anilines is 2. The van der Waals surface area contributed by atoms with E-state index in [4.69, 9.17) is 5.11 Å². The lowest BCUT2D eigenvalue weighted by Crippen LogP contribution is -2.00. The SMILES string of the molecule is OCCCCCCCCCCc1ccc2c(c1)Nc1ccccc1S2. The molecule has 0 bridgehead atoms. The van der Waals surface area contributed by atoms with E-state index in [0.717, 1.165) is 6.42 Å². The van der Waals surface area contributed by atoms with E-state index >= 15 is 0 Å². The van der Waals surface area contributed by atoms with E-state index < -0.39 is 0 Å². The first-order chi connectivity index (χ1) is 12.4. The van der Waals surface area contributed by atoms with E-state index in [2.05, 4.69) is 47.8 Å². The molecule has 0 radical (unpaired) electrons. The highest BCUT2D eigenvalue weighted by atomic mass is 32.2. The number of nitrogens with one attached hydrogen (secondary N) is 1. The standard InChI is InChI=1S/C22H29NOS/c24-16-10-6-4-2-1-3-5-7-11-18-14-15-22-20(17-18)23-19-12-8-9-13-21(19)25-22/h8-9,12-15,17,23-24H,1-7,10-11,16H2. The van der Waals surface area contributed by atoms with Gasteiger partial charge in [0.05, 0.1) is 11.4 Å². The van der Waals surface area contributed by atoms with Crippen molar-refractivity contribution in [1.29, 1.82) is 0 Å². The molecule has 0 fully saturated rings. The Labute approximate surface area is 156 Å². The third-order valence-electron chi connectivity index (χ3n) is 4.79. The molecule has 0 spiro atoms. The Morgan fingerprint density at radius 2 is 1.40 bits per heavy atom. The zero-order valence-electron chi connectivity index (χ0n) is 15.0. The number of aryl methyl sites for hydroxylation is 1. The Hall–Kier alpha value is -1.45. The maximum Gasteiger partial charge on any atom is 0.0529 e. The molecular weight excluding hydrogens is 326 g/mol. The number of hydrogen-bond acceptors (Lipinski definition) is 3. The monoisotopic (exact) mass is 355 g/mol. The fraction of sp³-hybridized carbons (Fsp3) is 0.455. The number of benzene rings is 2. The van der Waals surface area contributed by atoms with Gasteiger partial charge in [0, 0.05) is 16.4 Å². The topological polar surface area (TPSA) is 32.3 Å². The fourth-order valence-corrected chi connectivity index (χ4v) is 4.31. The molecule has 0 aliphatic carbocycles. The number of hydrogen-bond donors (Lipinski definition) is 2. The fourth-order valence-electron chi connectivity index (χ4n) is 3.34. The van der Waals surface area contributed by atoms with Crippen molar-refractivity contribution in [3.8, 4) is 0 Å². The maximum atomic E-state index is 8.76. The molecule has 1 heterocycles. The number of aliphatic hydroxyl groups excluding tert-OH is 1. The van der Waals surface area contributed by atoms with Gasteiger partial charge in [0.1, 0.15) is 0 Å². The molecule has 0 aromatic heterocycles. The van der Waals surface area contributed by atoms with E-state index in [1.54, 1.807) is 0 Å². The summed E-state index contributed by atoms with van der Waals surface area (Å²) in [5, 5.41) is 12.3. The second kappa shape index (κ2) is 9.88. The molecule has 134 valence electrons. The first-order valence-electron chi connectivity index (χ1n) is 9.64. The van der Waals surface area contributed by atoms with E-state index in [-0.39, 0.29) is 0 Å². The summed E-state index contributed by atoms with van der Waals surface area (Å²) in [5.41, 5.74) is 3.91. The van der Waals surface area contributed by atoms with Crippen molar-refractivity contribution in [2.45, 2.75) is 67.6 Å². The van der Waals surface area contributed by atoms with Crippen LogP contribution in [0.25, 0.3) is 0 Å². The van der Waals surface area contributed by atoms with Gasteiger partial charge in [-0.25, -0.2) is 0 Å². The third kappa shape index (κ3) is 5.52. The van der Waals surface area contributed by atoms with Gasteiger partial charge in [0.25, 0.3) is 0 Å². The van der Waals surface area contributed by atoms with Crippen molar-refractivity contribution in [3.05, 3.63) is 48.0 Å². The third-order valence-corrected chi connectivity index (χ3v) is 5.95. The van der Waals surface area contributed by atoms with Crippen LogP contribution in [0.1, 0.15) is 56.9 Å². The van der Waals surface area contributed by atoms with Crippen molar-refractivity contribution in [1.82, 2.24) is 0 Å². The number of unbranched alkanes of at least 4 members (excludes halogenated alkanes) is 7. The molecule has 0 saturated heterocycles. The molecule has 0 saturated carbocycles. The number of fused-ring (bicyclic) bond motifs is 2. The number of rotatable bonds is 10. The lowest BCUT2D eigenvalue weighted by atomic mass is 10.0. The van der Waals surface area contributed by atoms with Gasteiger partial charge in [-0.05, 0) is 49.1 Å². The normalized spacial score (nSPS) is 12.4. The summed E-state index contributed by atoms with van der Waals surface area (Å²) >= 11 is 1.86. The molecule has 2 aromatic carbocycles. The van der Waals surface area contributed by atoms with Gasteiger partial charge in [0.2, 0.25) is 0 Å². The first-order valence-corrected chi connectivity index (χ1v) is 10.5. The Kier molecular flexibility index (Phi) is 7.25. The van der Waals surface area contributed by atoms with E-state index in [9.17, 15) is 0 Å². The van der Waals surface area contributed by atoms with Gasteiger partial charge < -0.3 is 10.4 Å². The van der Waals surface area contributed by atoms with Crippen molar-refractivity contribution in [2.24, 2.45) is 0 Å². The predicted molar refractivity (Wildman–Crippen MR) is 108 cm³/mol. The number of aliphatic hydroxyl groups is 1. The molecule has 0 amide bonds. The van der Waals surface area contributed by atoms with E-state index in [0.29, 0.717) is 6.61 Å². The Morgan fingerprint density at radius 1 is 0.720 bits per heavy atom. The van der Waals surface area contributed by atoms with Gasteiger partial charge in [-0.15, -0.1) is 0 Å². The van der Waals surface area contributed by atoms with Crippen LogP contribution in [0.5, 0.6) is 0 Å². The minimum Gasteiger partial charge on any atom is -0.396 e. The average molecular weight is 356 g/mol. The zero-order valence-corrected chi connectivity index (χ0v) is 15.8. The van der Waals surface area contributed by atoms with Gasteiger partial charge in [-0.2, -0.15) is 0 Å². The maximum absolute atomic E-state index is 8.76. The van der Waals surface area contributed by atoms with Crippen LogP contribution in [0.2, 0.25) is 0 Å². The molecule has 2 nitrogen and oxygen atoms in total. The molecular formula is C22H29NOS. The van der Waals surface area contributed by atoms with Crippen molar-refractivity contribution >= 4 is 23.1 Å². The second-order valence-corrected chi connectivity index (χ2v) is 7.94. The highest BCUT2D eigenvalue weighted by molar-refractivity contribution is 7.99. The minimum atomic E-state index is 0.347. The van der Waals surface area contributed by atoms with Crippen LogP contribution in [0.15, 0.2) is 52.3 Å². The Balaban J connectivity index is 1.39. The van der Waals surface area contributed by atoms with Crippen LogP contribution in [0.3, 0.4) is 0 Å². The highest BCUT2D eigenvalue weighted by Crippen LogP contribution is 2.44. The Morgan fingerprint density at radius 3 is 2.20 bits per heavy atom. The lowest BCUT2D eigenvalue weighted by molar-refractivity contribution is 0.282. The van der Waals surface area contributed by atoms with Gasteiger partial charge in [-0.3, -0.25) is 0 Å². The average Bonchev–Trinajstić information content (AvgIpc) is 2.65. The van der Waals surface area contributed by atoms with E-state index in [1.807, 2.05) is 11.8 Å². The Bertz CT molecular complexity index is 671. The summed E-state index contributed by atoms with van der Waals surface area (Å²) in [5.74, 6) is 0. The van der Waals surface area contributed by atoms with Crippen LogP contribution >= 0.6 is 11.8 Å². The van der Waals surface area contributed by atoms with Crippen LogP contribution in [-0.2, 0) is 6.42 Å². The quantitative estimate of drug-likeness (QED) is 0.404. The molecule has 2 aromatic rings. The predicted octanol–water partition coefficient (Wildman–Crippen LogP) is 6.55. The largest absolute Gasteiger partial charge is 0.396 e. The second-order valence-electron chi connectivity index (χ2n) is 6.86. The molecule has 0 unspecified atom stereocenters. The summed E-state index contributed by atoms with van der Waals surface area (Å²) in [6.07, 6.45) is 11.2. The molecule has 3 heteroatoms. The number of para-hydroxylation sites is 1. The molecule has 25 heavy (non-hydrogen) atoms. The molecule has 2 N–H and O–H groups in total. The van der Waals surface area contributed by atoms with Gasteiger partial charge >= 0.3 is 0 Å². The van der Waals surface area contributed by atoms with Crippen LogP contribution in [0.4, 0.5) is 11.4 Å². The van der Waals surface area contributed by atoms with E-state index in [1.165, 1.54) is 78.1 Å². The highest BCUT2D eigenvalue weighted by Gasteiger charge is 2.15. The molecule has 1 aliphatic rings. The minimum absolute atomic E-state index is 0.347. The van der Waals surface area contributed by atoms with Crippen molar-refractivity contribution < 1.29 is 5.11 Å². The smallest absolute Gasteiger partial charge is 0.0529 e. The first kappa shape index (κ1) is 18.3. The van der Waals surface area contributed by atoms with Gasteiger partial charge in [-0.1, -0.05) is 68.5 Å². The van der Waals surface area contributed by atoms with Crippen molar-refractivity contribution in [3.63, 3.8) is 0 Å².